The number of nitriles is 1. The molecule has 2 aromatic carbocycles. The first-order chi connectivity index (χ1) is 15.9. The molecule has 0 saturated carbocycles. The molecule has 0 aliphatic rings. The van der Waals surface area contributed by atoms with Crippen molar-refractivity contribution in [2.45, 2.75) is 6.92 Å². The molecule has 1 amide bonds. The van der Waals surface area contributed by atoms with Crippen LogP contribution >= 0.6 is 0 Å². The Kier molecular flexibility index (Phi) is 6.95. The molecule has 0 aliphatic carbocycles. The van der Waals surface area contributed by atoms with E-state index in [1.54, 1.807) is 48.5 Å². The first-order valence-electron chi connectivity index (χ1n) is 9.60. The van der Waals surface area contributed by atoms with Crippen molar-refractivity contribution in [3.63, 3.8) is 0 Å². The summed E-state index contributed by atoms with van der Waals surface area (Å²) in [6, 6.07) is 14.8. The van der Waals surface area contributed by atoms with Crippen LogP contribution in [0.5, 0.6) is 5.75 Å². The maximum Gasteiger partial charge on any atom is 0.337 e. The summed E-state index contributed by atoms with van der Waals surface area (Å²) in [5.41, 5.74) is 2.70. The number of ether oxygens (including phenoxy) is 2. The molecule has 0 bridgehead atoms. The number of carbonyl (C=O) groups excluding carboxylic acids is 2. The van der Waals surface area contributed by atoms with Crippen LogP contribution in [0.25, 0.3) is 5.69 Å². The Morgan fingerprint density at radius 1 is 1.15 bits per heavy atom. The smallest absolute Gasteiger partial charge is 0.337 e. The third-order valence-electron chi connectivity index (χ3n) is 4.69. The van der Waals surface area contributed by atoms with Crippen molar-refractivity contribution in [2.75, 3.05) is 14.2 Å². The van der Waals surface area contributed by atoms with E-state index in [4.69, 9.17) is 4.74 Å². The molecule has 166 valence electrons. The fourth-order valence-electron chi connectivity index (χ4n) is 2.96. The number of hydrogen-bond acceptors (Lipinski definition) is 8. The van der Waals surface area contributed by atoms with Crippen LogP contribution in [0.2, 0.25) is 0 Å². The van der Waals surface area contributed by atoms with Crippen LogP contribution in [0.3, 0.4) is 0 Å². The van der Waals surface area contributed by atoms with Crippen LogP contribution in [0, 0.1) is 18.3 Å². The number of methoxy groups -OCH3 is 2. The van der Waals surface area contributed by atoms with E-state index in [1.165, 1.54) is 27.4 Å². The van der Waals surface area contributed by atoms with E-state index in [2.05, 4.69) is 20.4 Å². The summed E-state index contributed by atoms with van der Waals surface area (Å²) in [5, 5.41) is 17.5. The number of aromatic nitrogens is 2. The average Bonchev–Trinajstić information content (AvgIpc) is 2.84. The van der Waals surface area contributed by atoms with Crippen LogP contribution in [-0.2, 0) is 4.74 Å². The van der Waals surface area contributed by atoms with Gasteiger partial charge in [0.2, 0.25) is 0 Å². The molecule has 0 radical (unpaired) electrons. The fourth-order valence-corrected chi connectivity index (χ4v) is 2.96. The zero-order valence-electron chi connectivity index (χ0n) is 18.0. The lowest BCUT2D eigenvalue weighted by molar-refractivity contribution is 0.0600. The van der Waals surface area contributed by atoms with Crippen molar-refractivity contribution in [3.05, 3.63) is 86.8 Å². The first-order valence-corrected chi connectivity index (χ1v) is 9.60. The van der Waals surface area contributed by atoms with Gasteiger partial charge in [-0.05, 0) is 36.8 Å². The molecule has 10 heteroatoms. The maximum absolute atomic E-state index is 12.8. The van der Waals surface area contributed by atoms with E-state index >= 15 is 0 Å². The van der Waals surface area contributed by atoms with Gasteiger partial charge in [0.25, 0.3) is 11.5 Å². The second kappa shape index (κ2) is 10.0. The van der Waals surface area contributed by atoms with Gasteiger partial charge in [-0.2, -0.15) is 20.1 Å². The van der Waals surface area contributed by atoms with Gasteiger partial charge >= 0.3 is 5.97 Å². The standard InChI is InChI=1S/C23H19N5O5/c1-14-17(12-24)22(30)28(18-6-4-5-7-19(18)32-2)27-20(14)21(29)26-25-13-15-8-10-16(11-9-15)23(31)33-3/h4-11,13H,1-3H3,(H,26,29)/b25-13+. The van der Waals surface area contributed by atoms with Crippen LogP contribution < -0.4 is 15.7 Å². The highest BCUT2D eigenvalue weighted by atomic mass is 16.5. The summed E-state index contributed by atoms with van der Waals surface area (Å²) in [6.07, 6.45) is 1.37. The number of rotatable bonds is 6. The number of nitrogens with zero attached hydrogens (tertiary/aromatic N) is 4. The van der Waals surface area contributed by atoms with Gasteiger partial charge in [0, 0.05) is 5.56 Å². The molecule has 0 spiro atoms. The van der Waals surface area contributed by atoms with Gasteiger partial charge in [0.05, 0.1) is 26.0 Å². The van der Waals surface area contributed by atoms with E-state index < -0.39 is 17.4 Å². The number of para-hydroxylation sites is 2. The fraction of sp³-hybridized carbons (Fsp3) is 0.130. The summed E-state index contributed by atoms with van der Waals surface area (Å²) in [4.78, 5) is 37.0. The molecular formula is C23H19N5O5. The number of carbonyl (C=O) groups is 2. The lowest BCUT2D eigenvalue weighted by Crippen LogP contribution is -2.31. The number of benzene rings is 2. The van der Waals surface area contributed by atoms with E-state index in [0.717, 1.165) is 4.68 Å². The van der Waals surface area contributed by atoms with Gasteiger partial charge in [-0.15, -0.1) is 0 Å². The highest BCUT2D eigenvalue weighted by Gasteiger charge is 2.21. The van der Waals surface area contributed by atoms with Gasteiger partial charge in [-0.3, -0.25) is 9.59 Å². The van der Waals surface area contributed by atoms with Crippen LogP contribution in [0.15, 0.2) is 58.4 Å². The summed E-state index contributed by atoms with van der Waals surface area (Å²) in [7, 11) is 2.72. The number of esters is 1. The highest BCUT2D eigenvalue weighted by molar-refractivity contribution is 5.95. The molecule has 0 aliphatic heterocycles. The van der Waals surface area contributed by atoms with Crippen molar-refractivity contribution in [1.82, 2.24) is 15.2 Å². The average molecular weight is 445 g/mol. The van der Waals surface area contributed by atoms with Gasteiger partial charge in [-0.25, -0.2) is 10.2 Å². The lowest BCUT2D eigenvalue weighted by atomic mass is 10.1. The molecule has 3 rings (SSSR count). The number of nitrogens with one attached hydrogen (secondary N) is 1. The number of hydrazone groups is 1. The molecule has 10 nitrogen and oxygen atoms in total. The van der Waals surface area contributed by atoms with Gasteiger partial charge in [0.1, 0.15) is 23.1 Å². The number of hydrogen-bond donors (Lipinski definition) is 1. The zero-order chi connectivity index (χ0) is 24.0. The number of amides is 1. The zero-order valence-corrected chi connectivity index (χ0v) is 18.0. The minimum Gasteiger partial charge on any atom is -0.494 e. The molecule has 0 atom stereocenters. The molecule has 1 N–H and O–H groups in total. The quantitative estimate of drug-likeness (QED) is 0.348. The normalized spacial score (nSPS) is 10.5. The molecule has 1 heterocycles. The summed E-state index contributed by atoms with van der Waals surface area (Å²) in [5.74, 6) is -0.832. The Bertz CT molecular complexity index is 1340. The molecule has 1 aromatic heterocycles. The second-order valence-corrected chi connectivity index (χ2v) is 6.66. The van der Waals surface area contributed by atoms with Gasteiger partial charge in [0.15, 0.2) is 5.69 Å². The molecule has 0 unspecified atom stereocenters. The van der Waals surface area contributed by atoms with Crippen molar-refractivity contribution in [2.24, 2.45) is 5.10 Å². The molecule has 0 saturated heterocycles. The van der Waals surface area contributed by atoms with Crippen LogP contribution in [0.1, 0.15) is 37.5 Å². The Balaban J connectivity index is 1.91. The Morgan fingerprint density at radius 2 is 1.85 bits per heavy atom. The van der Waals surface area contributed by atoms with E-state index in [0.29, 0.717) is 16.9 Å². The molecule has 3 aromatic rings. The van der Waals surface area contributed by atoms with Gasteiger partial charge in [-0.1, -0.05) is 24.3 Å². The predicted molar refractivity (Wildman–Crippen MR) is 119 cm³/mol. The minimum atomic E-state index is -0.713. The highest BCUT2D eigenvalue weighted by Crippen LogP contribution is 2.21. The third kappa shape index (κ3) is 4.77. The molecule has 33 heavy (non-hydrogen) atoms. The van der Waals surface area contributed by atoms with Crippen molar-refractivity contribution < 1.29 is 19.1 Å². The summed E-state index contributed by atoms with van der Waals surface area (Å²) < 4.78 is 10.9. The van der Waals surface area contributed by atoms with Crippen molar-refractivity contribution >= 4 is 18.1 Å². The minimum absolute atomic E-state index is 0.128. The molecular weight excluding hydrogens is 426 g/mol. The predicted octanol–water partition coefficient (Wildman–Crippen LogP) is 1.97. The SMILES string of the molecule is COC(=O)c1ccc(/C=N/NC(=O)c2nn(-c3ccccc3OC)c(=O)c(C#N)c2C)cc1. The van der Waals surface area contributed by atoms with Crippen LogP contribution in [0.4, 0.5) is 0 Å². The van der Waals surface area contributed by atoms with Crippen molar-refractivity contribution in [1.29, 1.82) is 5.26 Å². The Labute approximate surface area is 188 Å². The summed E-state index contributed by atoms with van der Waals surface area (Å²) >= 11 is 0. The monoisotopic (exact) mass is 445 g/mol. The van der Waals surface area contributed by atoms with E-state index in [-0.39, 0.29) is 22.5 Å². The largest absolute Gasteiger partial charge is 0.494 e. The molecule has 0 fully saturated rings. The van der Waals surface area contributed by atoms with Gasteiger partial charge < -0.3 is 9.47 Å². The van der Waals surface area contributed by atoms with E-state index in [1.807, 2.05) is 6.07 Å². The van der Waals surface area contributed by atoms with Crippen LogP contribution in [-0.4, -0.2) is 42.1 Å². The van der Waals surface area contributed by atoms with Crippen molar-refractivity contribution in [3.8, 4) is 17.5 Å². The Morgan fingerprint density at radius 3 is 2.48 bits per heavy atom. The first kappa shape index (κ1) is 22.9. The topological polar surface area (TPSA) is 136 Å². The Hall–Kier alpha value is -4.78. The maximum atomic E-state index is 12.8. The second-order valence-electron chi connectivity index (χ2n) is 6.66. The van der Waals surface area contributed by atoms with E-state index in [9.17, 15) is 19.6 Å². The third-order valence-corrected chi connectivity index (χ3v) is 4.69. The summed E-state index contributed by atoms with van der Waals surface area (Å²) in [6.45, 7) is 1.46. The lowest BCUT2D eigenvalue weighted by Gasteiger charge is -2.13.